The zero-order valence-electron chi connectivity index (χ0n) is 18.2. The largest absolute Gasteiger partial charge is 0.467 e. The van der Waals surface area contributed by atoms with Crippen molar-refractivity contribution < 1.29 is 14.3 Å². The van der Waals surface area contributed by atoms with Crippen molar-refractivity contribution in [1.29, 1.82) is 5.26 Å². The Kier molecular flexibility index (Phi) is 6.73. The number of anilines is 1. The molecule has 1 aliphatic rings. The van der Waals surface area contributed by atoms with E-state index in [2.05, 4.69) is 18.0 Å². The van der Waals surface area contributed by atoms with Crippen molar-refractivity contribution in [3.05, 3.63) is 52.7 Å². The predicted molar refractivity (Wildman–Crippen MR) is 115 cm³/mol. The number of benzene rings is 1. The van der Waals surface area contributed by atoms with Gasteiger partial charge in [-0.3, -0.25) is 4.79 Å². The number of nitrogens with zero attached hydrogens (tertiary/aromatic N) is 3. The standard InChI is InChI=1S/C24H29N3O3/c1-5-6-12-21-20-15-30-24(2,3)13-18(20)19(14-25)23(26-21)29-16-22(28)27(4)17-10-8-7-9-11-17/h7-11H,5-6,12-13,15-16H2,1-4H3. The summed E-state index contributed by atoms with van der Waals surface area (Å²) in [6.45, 7) is 6.42. The third kappa shape index (κ3) is 4.80. The number of carbonyl (C=O) groups is 1. The summed E-state index contributed by atoms with van der Waals surface area (Å²) in [4.78, 5) is 18.8. The maximum atomic E-state index is 12.6. The highest BCUT2D eigenvalue weighted by atomic mass is 16.5. The highest BCUT2D eigenvalue weighted by molar-refractivity contribution is 5.93. The highest BCUT2D eigenvalue weighted by Crippen LogP contribution is 2.35. The Morgan fingerprint density at radius 2 is 2.03 bits per heavy atom. The van der Waals surface area contributed by atoms with Gasteiger partial charge in [-0.25, -0.2) is 4.98 Å². The second kappa shape index (κ2) is 9.27. The van der Waals surface area contributed by atoms with Crippen molar-refractivity contribution in [2.24, 2.45) is 0 Å². The van der Waals surface area contributed by atoms with Gasteiger partial charge in [0, 0.05) is 24.7 Å². The number of unbranched alkanes of at least 4 members (excludes halogenated alkanes) is 1. The van der Waals surface area contributed by atoms with E-state index in [-0.39, 0.29) is 24.0 Å². The van der Waals surface area contributed by atoms with Gasteiger partial charge >= 0.3 is 0 Å². The minimum absolute atomic E-state index is 0.182. The topological polar surface area (TPSA) is 75.5 Å². The minimum atomic E-state index is -0.359. The number of aromatic nitrogens is 1. The second-order valence-electron chi connectivity index (χ2n) is 8.21. The molecule has 1 aliphatic heterocycles. The molecular weight excluding hydrogens is 378 g/mol. The molecule has 0 unspecified atom stereocenters. The maximum absolute atomic E-state index is 12.6. The molecule has 0 fully saturated rings. The van der Waals surface area contributed by atoms with Gasteiger partial charge in [0.25, 0.3) is 5.91 Å². The number of ether oxygens (including phenoxy) is 2. The van der Waals surface area contributed by atoms with Crippen LogP contribution in [0, 0.1) is 11.3 Å². The number of fused-ring (bicyclic) bond motifs is 1. The molecule has 0 radical (unpaired) electrons. The van der Waals surface area contributed by atoms with Crippen LogP contribution in [0.1, 0.15) is 56.0 Å². The first-order valence-electron chi connectivity index (χ1n) is 10.4. The number of rotatable bonds is 7. The summed E-state index contributed by atoms with van der Waals surface area (Å²) in [5.41, 5.74) is 3.68. The Labute approximate surface area is 178 Å². The average Bonchev–Trinajstić information content (AvgIpc) is 2.74. The number of para-hydroxylation sites is 1. The Balaban J connectivity index is 1.88. The van der Waals surface area contributed by atoms with Gasteiger partial charge in [-0.1, -0.05) is 31.5 Å². The first-order valence-corrected chi connectivity index (χ1v) is 10.4. The highest BCUT2D eigenvalue weighted by Gasteiger charge is 2.32. The van der Waals surface area contributed by atoms with Crippen LogP contribution in [0.3, 0.4) is 0 Å². The third-order valence-electron chi connectivity index (χ3n) is 5.40. The van der Waals surface area contributed by atoms with Gasteiger partial charge in [0.1, 0.15) is 11.6 Å². The van der Waals surface area contributed by atoms with Gasteiger partial charge in [-0.05, 0) is 44.4 Å². The van der Waals surface area contributed by atoms with Crippen LogP contribution in [0.4, 0.5) is 5.69 Å². The van der Waals surface area contributed by atoms with E-state index >= 15 is 0 Å². The molecule has 0 N–H and O–H groups in total. The van der Waals surface area contributed by atoms with Gasteiger partial charge in [0.2, 0.25) is 5.88 Å². The lowest BCUT2D eigenvalue weighted by atomic mass is 9.87. The maximum Gasteiger partial charge on any atom is 0.264 e. The van der Waals surface area contributed by atoms with E-state index in [1.165, 1.54) is 0 Å². The van der Waals surface area contributed by atoms with E-state index in [0.29, 0.717) is 18.6 Å². The van der Waals surface area contributed by atoms with Crippen LogP contribution in [0.5, 0.6) is 5.88 Å². The molecule has 0 bridgehead atoms. The lowest BCUT2D eigenvalue weighted by Gasteiger charge is -2.33. The second-order valence-corrected chi connectivity index (χ2v) is 8.21. The van der Waals surface area contributed by atoms with Gasteiger partial charge in [-0.2, -0.15) is 5.26 Å². The zero-order valence-corrected chi connectivity index (χ0v) is 18.2. The number of nitriles is 1. The molecule has 30 heavy (non-hydrogen) atoms. The molecule has 158 valence electrons. The number of carbonyl (C=O) groups excluding carboxylic acids is 1. The summed E-state index contributed by atoms with van der Waals surface area (Å²) in [6, 6.07) is 11.6. The van der Waals surface area contributed by atoms with Gasteiger partial charge < -0.3 is 14.4 Å². The van der Waals surface area contributed by atoms with Crippen molar-refractivity contribution >= 4 is 11.6 Å². The molecule has 2 heterocycles. The first kappa shape index (κ1) is 21.8. The fraction of sp³-hybridized carbons (Fsp3) is 0.458. The van der Waals surface area contributed by atoms with E-state index in [9.17, 15) is 10.1 Å². The van der Waals surface area contributed by atoms with Crippen molar-refractivity contribution in [3.63, 3.8) is 0 Å². The molecule has 1 aromatic carbocycles. The molecule has 0 aliphatic carbocycles. The van der Waals surface area contributed by atoms with E-state index in [1.807, 2.05) is 44.2 Å². The third-order valence-corrected chi connectivity index (χ3v) is 5.40. The van der Waals surface area contributed by atoms with Crippen molar-refractivity contribution in [2.75, 3.05) is 18.6 Å². The minimum Gasteiger partial charge on any atom is -0.467 e. The van der Waals surface area contributed by atoms with Crippen LogP contribution < -0.4 is 9.64 Å². The van der Waals surface area contributed by atoms with Crippen molar-refractivity contribution in [3.8, 4) is 11.9 Å². The summed E-state index contributed by atoms with van der Waals surface area (Å²) in [5, 5.41) is 9.86. The Morgan fingerprint density at radius 1 is 1.30 bits per heavy atom. The number of amides is 1. The number of pyridine rings is 1. The lowest BCUT2D eigenvalue weighted by molar-refractivity contribution is -0.120. The number of hydrogen-bond acceptors (Lipinski definition) is 5. The van der Waals surface area contributed by atoms with Crippen LogP contribution in [0.25, 0.3) is 0 Å². The molecule has 1 aromatic heterocycles. The van der Waals surface area contributed by atoms with Crippen LogP contribution in [0.15, 0.2) is 30.3 Å². The Bertz CT molecular complexity index is 948. The number of hydrogen-bond donors (Lipinski definition) is 0. The zero-order chi connectivity index (χ0) is 21.7. The molecule has 0 saturated heterocycles. The van der Waals surface area contributed by atoms with Gasteiger partial charge in [-0.15, -0.1) is 0 Å². The van der Waals surface area contributed by atoms with Crippen LogP contribution in [0.2, 0.25) is 0 Å². The Morgan fingerprint density at radius 3 is 2.70 bits per heavy atom. The lowest BCUT2D eigenvalue weighted by Crippen LogP contribution is -2.34. The van der Waals surface area contributed by atoms with E-state index in [0.717, 1.165) is 41.8 Å². The molecule has 6 heteroatoms. The summed E-state index contributed by atoms with van der Waals surface area (Å²) in [6.07, 6.45) is 3.44. The van der Waals surface area contributed by atoms with Crippen molar-refractivity contribution in [1.82, 2.24) is 4.98 Å². The average molecular weight is 408 g/mol. The molecule has 6 nitrogen and oxygen atoms in total. The molecule has 0 spiro atoms. The van der Waals surface area contributed by atoms with Gasteiger partial charge in [0.15, 0.2) is 6.61 Å². The predicted octanol–water partition coefficient (Wildman–Crippen LogP) is 4.19. The quantitative estimate of drug-likeness (QED) is 0.688. The van der Waals surface area contributed by atoms with Crippen molar-refractivity contribution in [2.45, 2.75) is 58.7 Å². The SMILES string of the molecule is CCCCc1nc(OCC(=O)N(C)c2ccccc2)c(C#N)c2c1COC(C)(C)C2. The summed E-state index contributed by atoms with van der Waals surface area (Å²) < 4.78 is 11.8. The fourth-order valence-electron chi connectivity index (χ4n) is 3.60. The molecular formula is C24H29N3O3. The smallest absolute Gasteiger partial charge is 0.264 e. The first-order chi connectivity index (χ1) is 14.4. The number of likely N-dealkylation sites (N-methyl/N-ethyl adjacent to an activating group) is 1. The molecule has 3 rings (SSSR count). The molecule has 2 aromatic rings. The van der Waals surface area contributed by atoms with Crippen LogP contribution >= 0.6 is 0 Å². The molecule has 1 amide bonds. The van der Waals surface area contributed by atoms with E-state index in [4.69, 9.17) is 9.47 Å². The summed E-state index contributed by atoms with van der Waals surface area (Å²) in [5.74, 6) is 0.0400. The monoisotopic (exact) mass is 407 g/mol. The normalized spacial score (nSPS) is 14.5. The molecule has 0 atom stereocenters. The van der Waals surface area contributed by atoms with Gasteiger partial charge in [0.05, 0.1) is 17.9 Å². The number of aryl methyl sites for hydroxylation is 1. The van der Waals surface area contributed by atoms with E-state index in [1.54, 1.807) is 11.9 Å². The van der Waals surface area contributed by atoms with Crippen LogP contribution in [-0.4, -0.2) is 30.1 Å². The summed E-state index contributed by atoms with van der Waals surface area (Å²) in [7, 11) is 1.71. The fourth-order valence-corrected chi connectivity index (χ4v) is 3.60. The Hall–Kier alpha value is -2.91. The van der Waals surface area contributed by atoms with E-state index < -0.39 is 0 Å². The summed E-state index contributed by atoms with van der Waals surface area (Å²) >= 11 is 0. The van der Waals surface area contributed by atoms with Crippen LogP contribution in [-0.2, 0) is 29.0 Å². The molecule has 0 saturated carbocycles.